The minimum atomic E-state index is 0. The summed E-state index contributed by atoms with van der Waals surface area (Å²) in [7, 11) is 2.12. The molecule has 0 spiro atoms. The second-order valence-electron chi connectivity index (χ2n) is 7.03. The molecule has 0 radical (unpaired) electrons. The zero-order valence-electron chi connectivity index (χ0n) is 15.7. The highest BCUT2D eigenvalue weighted by Gasteiger charge is 2.31. The number of rotatable bonds is 5. The molecule has 4 rings (SSSR count). The molecule has 3 aliphatic heterocycles. The van der Waals surface area contributed by atoms with Gasteiger partial charge in [-0.3, -0.25) is 14.8 Å². The third-order valence-corrected chi connectivity index (χ3v) is 5.08. The average Bonchev–Trinajstić information content (AvgIpc) is 2.61. The van der Waals surface area contributed by atoms with Gasteiger partial charge in [-0.15, -0.1) is 24.0 Å². The topological polar surface area (TPSA) is 34.1 Å². The van der Waals surface area contributed by atoms with Crippen LogP contribution in [-0.2, 0) is 6.54 Å². The molecule has 25 heavy (non-hydrogen) atoms. The van der Waals surface area contributed by atoms with Crippen molar-refractivity contribution in [1.29, 1.82) is 0 Å². The van der Waals surface area contributed by atoms with Gasteiger partial charge < -0.3 is 10.2 Å². The van der Waals surface area contributed by atoms with Crippen molar-refractivity contribution in [3.63, 3.8) is 0 Å². The Labute approximate surface area is 169 Å². The van der Waals surface area contributed by atoms with Crippen LogP contribution in [0.15, 0.2) is 29.3 Å². The second kappa shape index (κ2) is 9.73. The molecule has 0 aliphatic carbocycles. The smallest absolute Gasteiger partial charge is 0.194 e. The predicted molar refractivity (Wildman–Crippen MR) is 116 cm³/mol. The van der Waals surface area contributed by atoms with Gasteiger partial charge in [0.05, 0.1) is 6.54 Å². The number of guanidine groups is 1. The maximum atomic E-state index is 4.93. The van der Waals surface area contributed by atoms with Crippen molar-refractivity contribution in [2.45, 2.75) is 26.4 Å². The Bertz CT molecular complexity index is 551. The Morgan fingerprint density at radius 2 is 1.88 bits per heavy atom. The summed E-state index contributed by atoms with van der Waals surface area (Å²) in [5.41, 5.74) is 2.62. The number of hydrogen-bond donors (Lipinski definition) is 1. The summed E-state index contributed by atoms with van der Waals surface area (Å²) < 4.78 is 0. The van der Waals surface area contributed by atoms with E-state index in [-0.39, 0.29) is 24.0 Å². The van der Waals surface area contributed by atoms with Crippen LogP contribution in [-0.4, -0.2) is 79.6 Å². The molecule has 3 heterocycles. The van der Waals surface area contributed by atoms with Crippen molar-refractivity contribution < 1.29 is 0 Å². The third kappa shape index (κ3) is 5.56. The SMILES string of the molecule is CCNC(=NCC1CN2CCN1CC2)N(C)Cc1ccc(C)cc1.I. The normalized spacial score (nSPS) is 25.4. The van der Waals surface area contributed by atoms with E-state index in [0.29, 0.717) is 6.04 Å². The zero-order chi connectivity index (χ0) is 16.9. The van der Waals surface area contributed by atoms with E-state index in [1.165, 1.54) is 43.9 Å². The van der Waals surface area contributed by atoms with Gasteiger partial charge in [-0.25, -0.2) is 0 Å². The molecule has 1 atom stereocenters. The molecule has 1 N–H and O–H groups in total. The summed E-state index contributed by atoms with van der Waals surface area (Å²) >= 11 is 0. The molecule has 2 bridgehead atoms. The number of piperazine rings is 3. The zero-order valence-corrected chi connectivity index (χ0v) is 18.1. The van der Waals surface area contributed by atoms with Gasteiger partial charge in [-0.05, 0) is 19.4 Å². The summed E-state index contributed by atoms with van der Waals surface area (Å²) in [4.78, 5) is 12.3. The lowest BCUT2D eigenvalue weighted by Crippen LogP contribution is -2.62. The quantitative estimate of drug-likeness (QED) is 0.417. The molecule has 0 amide bonds. The van der Waals surface area contributed by atoms with Crippen LogP contribution < -0.4 is 5.32 Å². The van der Waals surface area contributed by atoms with Crippen molar-refractivity contribution in [2.75, 3.05) is 52.9 Å². The first-order valence-electron chi connectivity index (χ1n) is 9.17. The van der Waals surface area contributed by atoms with Crippen LogP contribution in [0.25, 0.3) is 0 Å². The molecule has 5 nitrogen and oxygen atoms in total. The van der Waals surface area contributed by atoms with E-state index in [1.807, 2.05) is 0 Å². The summed E-state index contributed by atoms with van der Waals surface area (Å²) in [6.07, 6.45) is 0. The van der Waals surface area contributed by atoms with E-state index in [9.17, 15) is 0 Å². The van der Waals surface area contributed by atoms with Gasteiger partial charge in [0.2, 0.25) is 0 Å². The average molecular weight is 457 g/mol. The Balaban J connectivity index is 0.00000225. The van der Waals surface area contributed by atoms with E-state index in [1.54, 1.807) is 0 Å². The van der Waals surface area contributed by atoms with Gasteiger partial charge >= 0.3 is 0 Å². The number of halogens is 1. The molecular formula is C19H32IN5. The predicted octanol–water partition coefficient (Wildman–Crippen LogP) is 2.01. The number of benzene rings is 1. The van der Waals surface area contributed by atoms with Crippen molar-refractivity contribution in [2.24, 2.45) is 4.99 Å². The third-order valence-electron chi connectivity index (χ3n) is 5.08. The minimum absolute atomic E-state index is 0. The minimum Gasteiger partial charge on any atom is -0.357 e. The molecule has 6 heteroatoms. The highest BCUT2D eigenvalue weighted by atomic mass is 127. The number of fused-ring (bicyclic) bond motifs is 3. The first-order valence-corrected chi connectivity index (χ1v) is 9.17. The maximum Gasteiger partial charge on any atom is 0.194 e. The van der Waals surface area contributed by atoms with Gasteiger partial charge in [-0.2, -0.15) is 0 Å². The summed E-state index contributed by atoms with van der Waals surface area (Å²) in [6.45, 7) is 13.0. The number of nitrogens with zero attached hydrogens (tertiary/aromatic N) is 4. The van der Waals surface area contributed by atoms with Crippen LogP contribution in [0.5, 0.6) is 0 Å². The van der Waals surface area contributed by atoms with Crippen molar-refractivity contribution in [3.05, 3.63) is 35.4 Å². The van der Waals surface area contributed by atoms with Crippen LogP contribution in [0.1, 0.15) is 18.1 Å². The van der Waals surface area contributed by atoms with E-state index >= 15 is 0 Å². The monoisotopic (exact) mass is 457 g/mol. The van der Waals surface area contributed by atoms with E-state index in [0.717, 1.165) is 25.6 Å². The molecule has 3 fully saturated rings. The summed E-state index contributed by atoms with van der Waals surface area (Å²) in [5, 5.41) is 3.44. The fourth-order valence-electron chi connectivity index (χ4n) is 3.60. The fourth-order valence-corrected chi connectivity index (χ4v) is 3.60. The second-order valence-corrected chi connectivity index (χ2v) is 7.03. The van der Waals surface area contributed by atoms with Gasteiger partial charge in [0.1, 0.15) is 0 Å². The summed E-state index contributed by atoms with van der Waals surface area (Å²) in [5.74, 6) is 1.01. The van der Waals surface area contributed by atoms with E-state index in [4.69, 9.17) is 4.99 Å². The highest BCUT2D eigenvalue weighted by Crippen LogP contribution is 2.16. The lowest BCUT2D eigenvalue weighted by molar-refractivity contribution is 0.0173. The highest BCUT2D eigenvalue weighted by molar-refractivity contribution is 14.0. The molecule has 1 aromatic carbocycles. The largest absolute Gasteiger partial charge is 0.357 e. The molecular weight excluding hydrogens is 425 g/mol. The van der Waals surface area contributed by atoms with Crippen LogP contribution in [0.4, 0.5) is 0 Å². The van der Waals surface area contributed by atoms with Crippen molar-refractivity contribution in [3.8, 4) is 0 Å². The standard InChI is InChI=1S/C19H31N5.HI/c1-4-20-19(22(3)14-17-7-5-16(2)6-8-17)21-13-18-15-23-9-11-24(18)12-10-23;/h5-8,18H,4,9-15H2,1-3H3,(H,20,21);1H. The van der Waals surface area contributed by atoms with E-state index in [2.05, 4.69) is 65.2 Å². The van der Waals surface area contributed by atoms with Crippen LogP contribution in [0.2, 0.25) is 0 Å². The number of nitrogens with one attached hydrogen (secondary N) is 1. The first-order chi connectivity index (χ1) is 11.7. The molecule has 0 aromatic heterocycles. The van der Waals surface area contributed by atoms with Crippen LogP contribution >= 0.6 is 24.0 Å². The molecule has 1 aromatic rings. The lowest BCUT2D eigenvalue weighted by Gasteiger charge is -2.47. The summed E-state index contributed by atoms with van der Waals surface area (Å²) in [6, 6.07) is 9.33. The number of aryl methyl sites for hydroxylation is 1. The molecule has 140 valence electrons. The molecule has 3 saturated heterocycles. The maximum absolute atomic E-state index is 4.93. The van der Waals surface area contributed by atoms with Gasteiger partial charge in [0.15, 0.2) is 5.96 Å². The molecule has 1 unspecified atom stereocenters. The fraction of sp³-hybridized carbons (Fsp3) is 0.632. The van der Waals surface area contributed by atoms with E-state index < -0.39 is 0 Å². The van der Waals surface area contributed by atoms with Gasteiger partial charge in [0, 0.05) is 58.9 Å². The van der Waals surface area contributed by atoms with Crippen LogP contribution in [0, 0.1) is 6.92 Å². The Hall–Kier alpha value is -0.860. The van der Waals surface area contributed by atoms with Gasteiger partial charge in [0.25, 0.3) is 0 Å². The number of aliphatic imine (C=N–C) groups is 1. The van der Waals surface area contributed by atoms with Gasteiger partial charge in [-0.1, -0.05) is 29.8 Å². The number of hydrogen-bond acceptors (Lipinski definition) is 3. The van der Waals surface area contributed by atoms with Crippen molar-refractivity contribution in [1.82, 2.24) is 20.0 Å². The lowest BCUT2D eigenvalue weighted by atomic mass is 10.1. The van der Waals surface area contributed by atoms with Crippen LogP contribution in [0.3, 0.4) is 0 Å². The molecule has 0 saturated carbocycles. The Morgan fingerprint density at radius 1 is 1.20 bits per heavy atom. The Morgan fingerprint density at radius 3 is 2.44 bits per heavy atom. The van der Waals surface area contributed by atoms with Crippen molar-refractivity contribution >= 4 is 29.9 Å². The molecule has 3 aliphatic rings. The Kier molecular flexibility index (Phi) is 7.96. The first kappa shape index (κ1) is 20.5.